The van der Waals surface area contributed by atoms with E-state index in [9.17, 15) is 4.39 Å². The number of guanidine groups is 1. The van der Waals surface area contributed by atoms with Crippen molar-refractivity contribution in [2.45, 2.75) is 32.4 Å². The first-order chi connectivity index (χ1) is 15.6. The molecule has 182 valence electrons. The average molecular weight is 570 g/mol. The summed E-state index contributed by atoms with van der Waals surface area (Å²) in [7, 11) is 1.93. The molecule has 2 aliphatic heterocycles. The van der Waals surface area contributed by atoms with Crippen LogP contribution in [0.1, 0.15) is 37.0 Å². The monoisotopic (exact) mass is 570 g/mol. The van der Waals surface area contributed by atoms with E-state index in [0.29, 0.717) is 19.1 Å². The van der Waals surface area contributed by atoms with Gasteiger partial charge in [-0.25, -0.2) is 4.39 Å². The Morgan fingerprint density at radius 2 is 2.03 bits per heavy atom. The molecule has 33 heavy (non-hydrogen) atoms. The molecule has 2 aliphatic rings. The standard InChI is InChI=1S/C24H35FN6O.HI/c1-3-26-24(31-12-13-32-23(18-31)21-15-28-29(2)16-21)27-14-19-8-10-30(11-9-19)17-20-6-4-5-7-22(20)25;/h4-7,15-16,19,23H,3,8-14,17-18H2,1-2H3,(H,26,27);1H. The van der Waals surface area contributed by atoms with Gasteiger partial charge >= 0.3 is 0 Å². The second-order valence-electron chi connectivity index (χ2n) is 8.76. The number of aryl methyl sites for hydroxylation is 1. The first-order valence-corrected chi connectivity index (χ1v) is 11.7. The number of morpholine rings is 1. The van der Waals surface area contributed by atoms with E-state index < -0.39 is 0 Å². The van der Waals surface area contributed by atoms with Crippen molar-refractivity contribution in [2.75, 3.05) is 45.9 Å². The third kappa shape index (κ3) is 7.13. The number of benzene rings is 1. The minimum atomic E-state index is -0.107. The van der Waals surface area contributed by atoms with Crippen LogP contribution in [0.2, 0.25) is 0 Å². The van der Waals surface area contributed by atoms with E-state index in [1.807, 2.05) is 36.3 Å². The SMILES string of the molecule is CCNC(=NCC1CCN(Cc2ccccc2F)CC1)N1CCOC(c2cnn(C)c2)C1.I. The van der Waals surface area contributed by atoms with Crippen LogP contribution in [-0.2, 0) is 18.3 Å². The van der Waals surface area contributed by atoms with Crippen molar-refractivity contribution in [3.05, 3.63) is 53.6 Å². The lowest BCUT2D eigenvalue weighted by Crippen LogP contribution is -2.48. The first-order valence-electron chi connectivity index (χ1n) is 11.7. The number of nitrogens with one attached hydrogen (secondary N) is 1. The molecular weight excluding hydrogens is 534 g/mol. The van der Waals surface area contributed by atoms with E-state index in [-0.39, 0.29) is 35.9 Å². The van der Waals surface area contributed by atoms with Crippen LogP contribution >= 0.6 is 24.0 Å². The lowest BCUT2D eigenvalue weighted by molar-refractivity contribution is -0.00808. The van der Waals surface area contributed by atoms with Gasteiger partial charge in [-0.3, -0.25) is 14.6 Å². The Morgan fingerprint density at radius 3 is 2.73 bits per heavy atom. The first kappa shape index (κ1) is 25.9. The van der Waals surface area contributed by atoms with E-state index >= 15 is 0 Å². The molecular formula is C24H36FIN6O. The van der Waals surface area contributed by atoms with Crippen LogP contribution in [0.15, 0.2) is 41.7 Å². The van der Waals surface area contributed by atoms with Gasteiger partial charge in [-0.2, -0.15) is 5.10 Å². The maximum Gasteiger partial charge on any atom is 0.194 e. The summed E-state index contributed by atoms with van der Waals surface area (Å²) in [6.45, 7) is 8.74. The molecule has 0 aliphatic carbocycles. The van der Waals surface area contributed by atoms with Crippen LogP contribution in [0.25, 0.3) is 0 Å². The van der Waals surface area contributed by atoms with Gasteiger partial charge in [-0.1, -0.05) is 18.2 Å². The van der Waals surface area contributed by atoms with Gasteiger partial charge < -0.3 is 15.0 Å². The van der Waals surface area contributed by atoms with Crippen molar-refractivity contribution < 1.29 is 9.13 Å². The minimum absolute atomic E-state index is 0. The molecule has 2 fully saturated rings. The van der Waals surface area contributed by atoms with E-state index in [1.54, 1.807) is 12.1 Å². The van der Waals surface area contributed by atoms with Crippen molar-refractivity contribution in [3.8, 4) is 0 Å². The molecule has 1 atom stereocenters. The lowest BCUT2D eigenvalue weighted by Gasteiger charge is -2.35. The van der Waals surface area contributed by atoms with Gasteiger partial charge in [0.1, 0.15) is 11.9 Å². The Bertz CT molecular complexity index is 899. The van der Waals surface area contributed by atoms with Gasteiger partial charge in [0, 0.05) is 50.6 Å². The van der Waals surface area contributed by atoms with Gasteiger partial charge in [-0.05, 0) is 44.8 Å². The topological polar surface area (TPSA) is 57.9 Å². The van der Waals surface area contributed by atoms with Crippen molar-refractivity contribution in [1.29, 1.82) is 0 Å². The van der Waals surface area contributed by atoms with Gasteiger partial charge in [0.2, 0.25) is 0 Å². The number of ether oxygens (including phenoxy) is 1. The Hall–Kier alpha value is -1.72. The van der Waals surface area contributed by atoms with Crippen LogP contribution in [0.4, 0.5) is 4.39 Å². The summed E-state index contributed by atoms with van der Waals surface area (Å²) in [6.07, 6.45) is 6.11. The summed E-state index contributed by atoms with van der Waals surface area (Å²) >= 11 is 0. The molecule has 3 heterocycles. The molecule has 1 aromatic heterocycles. The van der Waals surface area contributed by atoms with Gasteiger partial charge in [0.25, 0.3) is 0 Å². The van der Waals surface area contributed by atoms with Crippen LogP contribution in [-0.4, -0.2) is 71.4 Å². The van der Waals surface area contributed by atoms with E-state index in [0.717, 1.165) is 69.2 Å². The zero-order valence-electron chi connectivity index (χ0n) is 19.6. The molecule has 0 radical (unpaired) electrons. The summed E-state index contributed by atoms with van der Waals surface area (Å²) in [5, 5.41) is 7.74. The Labute approximate surface area is 213 Å². The number of hydrogen-bond acceptors (Lipinski definition) is 4. The number of halogens is 2. The number of rotatable bonds is 6. The minimum Gasteiger partial charge on any atom is -0.370 e. The number of nitrogens with zero attached hydrogens (tertiary/aromatic N) is 5. The molecule has 1 aromatic carbocycles. The Morgan fingerprint density at radius 1 is 1.24 bits per heavy atom. The van der Waals surface area contributed by atoms with E-state index in [4.69, 9.17) is 9.73 Å². The van der Waals surface area contributed by atoms with Crippen molar-refractivity contribution in [3.63, 3.8) is 0 Å². The second kappa shape index (κ2) is 12.7. The number of likely N-dealkylation sites (tertiary alicyclic amines) is 1. The summed E-state index contributed by atoms with van der Waals surface area (Å²) < 4.78 is 21.8. The number of aromatic nitrogens is 2. The van der Waals surface area contributed by atoms with Gasteiger partial charge in [0.15, 0.2) is 5.96 Å². The third-order valence-corrected chi connectivity index (χ3v) is 6.36. The number of hydrogen-bond donors (Lipinski definition) is 1. The van der Waals surface area contributed by atoms with Gasteiger partial charge in [0.05, 0.1) is 19.3 Å². The zero-order valence-corrected chi connectivity index (χ0v) is 22.0. The predicted molar refractivity (Wildman–Crippen MR) is 139 cm³/mol. The molecule has 7 nitrogen and oxygen atoms in total. The van der Waals surface area contributed by atoms with E-state index in [1.165, 1.54) is 0 Å². The smallest absolute Gasteiger partial charge is 0.194 e. The van der Waals surface area contributed by atoms with Crippen LogP contribution in [0.5, 0.6) is 0 Å². The van der Waals surface area contributed by atoms with Crippen LogP contribution < -0.4 is 5.32 Å². The summed E-state index contributed by atoms with van der Waals surface area (Å²) in [6, 6.07) is 7.09. The normalized spacial score (nSPS) is 20.5. The fourth-order valence-corrected chi connectivity index (χ4v) is 4.49. The molecule has 0 amide bonds. The summed E-state index contributed by atoms with van der Waals surface area (Å²) in [5.74, 6) is 1.43. The highest BCUT2D eigenvalue weighted by Crippen LogP contribution is 2.23. The highest BCUT2D eigenvalue weighted by molar-refractivity contribution is 14.0. The Kier molecular flexibility index (Phi) is 9.94. The molecule has 2 aromatic rings. The van der Waals surface area contributed by atoms with Gasteiger partial charge in [-0.15, -0.1) is 24.0 Å². The highest BCUT2D eigenvalue weighted by Gasteiger charge is 2.26. The quantitative estimate of drug-likeness (QED) is 0.328. The van der Waals surface area contributed by atoms with E-state index in [2.05, 4.69) is 27.1 Å². The van der Waals surface area contributed by atoms with Crippen molar-refractivity contribution in [1.82, 2.24) is 24.9 Å². The second-order valence-corrected chi connectivity index (χ2v) is 8.76. The number of aliphatic imine (C=N–C) groups is 1. The Balaban J connectivity index is 0.00000306. The molecule has 4 rings (SSSR count). The predicted octanol–water partition coefficient (Wildman–Crippen LogP) is 3.43. The highest BCUT2D eigenvalue weighted by atomic mass is 127. The summed E-state index contributed by atoms with van der Waals surface area (Å²) in [5.41, 5.74) is 1.89. The molecule has 0 spiro atoms. The number of piperidine rings is 1. The van der Waals surface area contributed by atoms with Crippen LogP contribution in [0, 0.1) is 11.7 Å². The zero-order chi connectivity index (χ0) is 22.3. The third-order valence-electron chi connectivity index (χ3n) is 6.36. The van der Waals surface area contributed by atoms with Crippen LogP contribution in [0.3, 0.4) is 0 Å². The molecule has 1 N–H and O–H groups in total. The molecule has 0 bridgehead atoms. The molecule has 2 saturated heterocycles. The van der Waals surface area contributed by atoms with Crippen molar-refractivity contribution >= 4 is 29.9 Å². The average Bonchev–Trinajstić information content (AvgIpc) is 3.25. The fraction of sp³-hybridized carbons (Fsp3) is 0.583. The lowest BCUT2D eigenvalue weighted by atomic mass is 9.96. The maximum absolute atomic E-state index is 13.9. The largest absolute Gasteiger partial charge is 0.370 e. The summed E-state index contributed by atoms with van der Waals surface area (Å²) in [4.78, 5) is 9.65. The molecule has 0 saturated carbocycles. The van der Waals surface area contributed by atoms with Crippen molar-refractivity contribution in [2.24, 2.45) is 18.0 Å². The molecule has 1 unspecified atom stereocenters. The fourth-order valence-electron chi connectivity index (χ4n) is 4.49. The molecule has 9 heteroatoms. The maximum atomic E-state index is 13.9.